The normalized spacial score (nSPS) is 17.0. The van der Waals surface area contributed by atoms with Crippen LogP contribution < -0.4 is 10.6 Å². The van der Waals surface area contributed by atoms with Crippen LogP contribution in [-0.4, -0.2) is 45.7 Å². The first-order chi connectivity index (χ1) is 13.7. The number of benzene rings is 1. The van der Waals surface area contributed by atoms with Crippen molar-refractivity contribution in [3.05, 3.63) is 41.4 Å². The maximum Gasteiger partial charge on any atom is 0.410 e. The van der Waals surface area contributed by atoms with Crippen LogP contribution in [0, 0.1) is 5.82 Å². The SMILES string of the molecule is CC(C)(C)OC(=O)N1CCCC(Nc2cc(Nc3ccc(F)c(Cl)c3)ncn2)C1. The number of rotatable bonds is 4. The minimum absolute atomic E-state index is 0.0341. The maximum absolute atomic E-state index is 13.3. The number of hydrogen-bond donors (Lipinski definition) is 2. The molecule has 1 aliphatic heterocycles. The Morgan fingerprint density at radius 1 is 1.28 bits per heavy atom. The quantitative estimate of drug-likeness (QED) is 0.736. The molecule has 2 aromatic rings. The summed E-state index contributed by atoms with van der Waals surface area (Å²) in [4.78, 5) is 22.5. The van der Waals surface area contributed by atoms with Gasteiger partial charge in [0.1, 0.15) is 29.4 Å². The zero-order valence-corrected chi connectivity index (χ0v) is 17.5. The van der Waals surface area contributed by atoms with E-state index in [0.29, 0.717) is 30.4 Å². The summed E-state index contributed by atoms with van der Waals surface area (Å²) < 4.78 is 18.8. The van der Waals surface area contributed by atoms with Gasteiger partial charge in [0.05, 0.1) is 5.02 Å². The van der Waals surface area contributed by atoms with Crippen molar-refractivity contribution >= 4 is 35.0 Å². The zero-order valence-electron chi connectivity index (χ0n) is 16.7. The second-order valence-corrected chi connectivity index (χ2v) is 8.36. The minimum Gasteiger partial charge on any atom is -0.444 e. The molecule has 2 N–H and O–H groups in total. The van der Waals surface area contributed by atoms with E-state index in [9.17, 15) is 9.18 Å². The second kappa shape index (κ2) is 8.82. The molecular formula is C20H25ClFN5O2. The number of nitrogens with zero attached hydrogens (tertiary/aromatic N) is 3. The zero-order chi connectivity index (χ0) is 21.0. The lowest BCUT2D eigenvalue weighted by Crippen LogP contribution is -2.47. The Labute approximate surface area is 174 Å². The van der Waals surface area contributed by atoms with Crippen LogP contribution in [0.1, 0.15) is 33.6 Å². The average Bonchev–Trinajstić information content (AvgIpc) is 2.64. The third kappa shape index (κ3) is 6.19. The third-order valence-corrected chi connectivity index (χ3v) is 4.57. The molecule has 156 valence electrons. The second-order valence-electron chi connectivity index (χ2n) is 7.95. The van der Waals surface area contributed by atoms with E-state index in [2.05, 4.69) is 20.6 Å². The lowest BCUT2D eigenvalue weighted by Gasteiger charge is -2.34. The fraction of sp³-hybridized carbons (Fsp3) is 0.450. The van der Waals surface area contributed by atoms with E-state index in [1.54, 1.807) is 17.0 Å². The van der Waals surface area contributed by atoms with E-state index in [1.807, 2.05) is 20.8 Å². The number of aromatic nitrogens is 2. The fourth-order valence-electron chi connectivity index (χ4n) is 3.02. The number of anilines is 3. The predicted octanol–water partition coefficient (Wildman–Crippen LogP) is 4.82. The van der Waals surface area contributed by atoms with Crippen LogP contribution in [0.3, 0.4) is 0 Å². The van der Waals surface area contributed by atoms with Gasteiger partial charge in [-0.3, -0.25) is 0 Å². The number of hydrogen-bond acceptors (Lipinski definition) is 6. The average molecular weight is 422 g/mol. The minimum atomic E-state index is -0.520. The molecule has 0 aliphatic carbocycles. The summed E-state index contributed by atoms with van der Waals surface area (Å²) in [7, 11) is 0. The molecule has 0 saturated carbocycles. The molecule has 1 unspecified atom stereocenters. The molecule has 1 amide bonds. The van der Waals surface area contributed by atoms with Crippen LogP contribution >= 0.6 is 11.6 Å². The van der Waals surface area contributed by atoms with Crippen LogP contribution in [0.25, 0.3) is 0 Å². The number of carbonyl (C=O) groups is 1. The maximum atomic E-state index is 13.3. The molecule has 0 spiro atoms. The van der Waals surface area contributed by atoms with Gasteiger partial charge in [-0.1, -0.05) is 11.6 Å². The Morgan fingerprint density at radius 2 is 2.03 bits per heavy atom. The van der Waals surface area contributed by atoms with Gasteiger partial charge >= 0.3 is 6.09 Å². The van der Waals surface area contributed by atoms with Crippen LogP contribution in [0.2, 0.25) is 5.02 Å². The first-order valence-corrected chi connectivity index (χ1v) is 9.86. The van der Waals surface area contributed by atoms with Crippen molar-refractivity contribution in [1.29, 1.82) is 0 Å². The molecule has 1 aromatic heterocycles. The highest BCUT2D eigenvalue weighted by Crippen LogP contribution is 2.23. The largest absolute Gasteiger partial charge is 0.444 e. The van der Waals surface area contributed by atoms with E-state index in [1.165, 1.54) is 18.5 Å². The van der Waals surface area contributed by atoms with E-state index in [-0.39, 0.29) is 17.2 Å². The summed E-state index contributed by atoms with van der Waals surface area (Å²) in [6.07, 6.45) is 2.92. The van der Waals surface area contributed by atoms with Gasteiger partial charge in [0.25, 0.3) is 0 Å². The molecule has 1 fully saturated rings. The molecule has 1 aliphatic rings. The third-order valence-electron chi connectivity index (χ3n) is 4.28. The summed E-state index contributed by atoms with van der Waals surface area (Å²) in [5.74, 6) is 0.700. The van der Waals surface area contributed by atoms with E-state index in [0.717, 1.165) is 12.8 Å². The van der Waals surface area contributed by atoms with Crippen molar-refractivity contribution in [2.75, 3.05) is 23.7 Å². The monoisotopic (exact) mass is 421 g/mol. The number of piperidine rings is 1. The van der Waals surface area contributed by atoms with Gasteiger partial charge in [-0.25, -0.2) is 19.2 Å². The predicted molar refractivity (Wildman–Crippen MR) is 111 cm³/mol. The Hall–Kier alpha value is -2.61. The number of amides is 1. The number of nitrogens with one attached hydrogen (secondary N) is 2. The Bertz CT molecular complexity index is 874. The van der Waals surface area contributed by atoms with E-state index in [4.69, 9.17) is 16.3 Å². The smallest absolute Gasteiger partial charge is 0.410 e. The molecule has 7 nitrogen and oxygen atoms in total. The molecule has 3 rings (SSSR count). The standard InChI is InChI=1S/C20H25ClFN5O2/c1-20(2,3)29-19(28)27-8-4-5-14(11-27)26-18-10-17(23-12-24-18)25-13-6-7-16(22)15(21)9-13/h6-7,9-10,12,14H,4-5,8,11H2,1-3H3,(H2,23,24,25,26). The fourth-order valence-corrected chi connectivity index (χ4v) is 3.20. The van der Waals surface area contributed by atoms with E-state index >= 15 is 0 Å². The van der Waals surface area contributed by atoms with Crippen molar-refractivity contribution in [2.45, 2.75) is 45.3 Å². The highest BCUT2D eigenvalue weighted by Gasteiger charge is 2.27. The van der Waals surface area contributed by atoms with Gasteiger partial charge in [0.2, 0.25) is 0 Å². The molecule has 2 heterocycles. The Kier molecular flexibility index (Phi) is 6.42. The molecule has 9 heteroatoms. The van der Waals surface area contributed by atoms with Crippen molar-refractivity contribution < 1.29 is 13.9 Å². The van der Waals surface area contributed by atoms with Crippen LogP contribution in [0.4, 0.5) is 26.5 Å². The molecule has 1 saturated heterocycles. The first-order valence-electron chi connectivity index (χ1n) is 9.48. The van der Waals surface area contributed by atoms with Crippen LogP contribution in [-0.2, 0) is 4.74 Å². The van der Waals surface area contributed by atoms with Crippen molar-refractivity contribution in [3.8, 4) is 0 Å². The Morgan fingerprint density at radius 3 is 2.76 bits per heavy atom. The highest BCUT2D eigenvalue weighted by atomic mass is 35.5. The molecule has 1 aromatic carbocycles. The first kappa shape index (κ1) is 21.1. The van der Waals surface area contributed by atoms with Gasteiger partial charge < -0.3 is 20.3 Å². The van der Waals surface area contributed by atoms with Crippen molar-refractivity contribution in [3.63, 3.8) is 0 Å². The summed E-state index contributed by atoms with van der Waals surface area (Å²) >= 11 is 5.82. The Balaban J connectivity index is 1.62. The molecule has 0 radical (unpaired) electrons. The number of ether oxygens (including phenoxy) is 1. The molecule has 29 heavy (non-hydrogen) atoms. The van der Waals surface area contributed by atoms with Crippen LogP contribution in [0.5, 0.6) is 0 Å². The molecule has 1 atom stereocenters. The van der Waals surface area contributed by atoms with Gasteiger partial charge in [0.15, 0.2) is 0 Å². The van der Waals surface area contributed by atoms with Gasteiger partial charge in [0, 0.05) is 30.9 Å². The molecular weight excluding hydrogens is 397 g/mol. The van der Waals surface area contributed by atoms with Gasteiger partial charge in [-0.05, 0) is 51.8 Å². The number of halogens is 2. The molecule has 0 bridgehead atoms. The van der Waals surface area contributed by atoms with E-state index < -0.39 is 11.4 Å². The number of carbonyl (C=O) groups excluding carboxylic acids is 1. The van der Waals surface area contributed by atoms with Crippen LogP contribution in [0.15, 0.2) is 30.6 Å². The number of likely N-dealkylation sites (tertiary alicyclic amines) is 1. The lowest BCUT2D eigenvalue weighted by molar-refractivity contribution is 0.0206. The van der Waals surface area contributed by atoms with Crippen molar-refractivity contribution in [1.82, 2.24) is 14.9 Å². The summed E-state index contributed by atoms with van der Waals surface area (Å²) in [6, 6.07) is 6.17. The lowest BCUT2D eigenvalue weighted by atomic mass is 10.1. The van der Waals surface area contributed by atoms with Gasteiger partial charge in [-0.2, -0.15) is 0 Å². The highest BCUT2D eigenvalue weighted by molar-refractivity contribution is 6.31. The summed E-state index contributed by atoms with van der Waals surface area (Å²) in [5, 5.41) is 6.46. The summed E-state index contributed by atoms with van der Waals surface area (Å²) in [5.41, 5.74) is 0.100. The summed E-state index contributed by atoms with van der Waals surface area (Å²) in [6.45, 7) is 6.78. The van der Waals surface area contributed by atoms with Crippen molar-refractivity contribution in [2.24, 2.45) is 0 Å². The topological polar surface area (TPSA) is 79.4 Å². The van der Waals surface area contributed by atoms with Gasteiger partial charge in [-0.15, -0.1) is 0 Å².